The molecule has 0 amide bonds. The smallest absolute Gasteiger partial charge is 0.130 e. The van der Waals surface area contributed by atoms with Crippen LogP contribution >= 0.6 is 0 Å². The van der Waals surface area contributed by atoms with Gasteiger partial charge in [-0.3, -0.25) is 9.98 Å². The maximum absolute atomic E-state index is 5.90. The summed E-state index contributed by atoms with van der Waals surface area (Å²) in [6, 6.07) is 20.6. The molecule has 25 heavy (non-hydrogen) atoms. The van der Waals surface area contributed by atoms with Gasteiger partial charge in [0.1, 0.15) is 12.4 Å². The number of hydrogen-bond donors (Lipinski definition) is 0. The molecule has 3 heteroatoms. The van der Waals surface area contributed by atoms with Crippen LogP contribution in [-0.2, 0) is 19.4 Å². The zero-order chi connectivity index (χ0) is 17.1. The van der Waals surface area contributed by atoms with Crippen molar-refractivity contribution in [1.82, 2.24) is 4.98 Å². The van der Waals surface area contributed by atoms with Crippen molar-refractivity contribution >= 4 is 11.4 Å². The van der Waals surface area contributed by atoms with Crippen molar-refractivity contribution in [3.05, 3.63) is 89.2 Å². The predicted molar refractivity (Wildman–Crippen MR) is 101 cm³/mol. The quantitative estimate of drug-likeness (QED) is 0.667. The van der Waals surface area contributed by atoms with Crippen LogP contribution in [-0.4, -0.2) is 10.7 Å². The molecule has 0 fully saturated rings. The Bertz CT molecular complexity index is 899. The summed E-state index contributed by atoms with van der Waals surface area (Å²) in [5, 5.41) is 0. The van der Waals surface area contributed by atoms with E-state index in [9.17, 15) is 0 Å². The monoisotopic (exact) mass is 328 g/mol. The largest absolute Gasteiger partial charge is 0.487 e. The number of aromatic nitrogens is 1. The lowest BCUT2D eigenvalue weighted by Crippen LogP contribution is -1.99. The van der Waals surface area contributed by atoms with Crippen LogP contribution < -0.4 is 4.74 Å². The first-order valence-electron chi connectivity index (χ1n) is 8.64. The molecular weight excluding hydrogens is 308 g/mol. The van der Waals surface area contributed by atoms with E-state index in [4.69, 9.17) is 9.73 Å². The van der Waals surface area contributed by atoms with Gasteiger partial charge in [-0.25, -0.2) is 0 Å². The van der Waals surface area contributed by atoms with Gasteiger partial charge in [0.2, 0.25) is 0 Å². The van der Waals surface area contributed by atoms with E-state index in [1.165, 1.54) is 16.7 Å². The molecule has 2 aromatic carbocycles. The molecule has 3 aromatic rings. The predicted octanol–water partition coefficient (Wildman–Crippen LogP) is 4.90. The minimum absolute atomic E-state index is 0.470. The fourth-order valence-electron chi connectivity index (χ4n) is 2.96. The van der Waals surface area contributed by atoms with Gasteiger partial charge in [0.15, 0.2) is 0 Å². The number of rotatable bonds is 5. The molecule has 0 unspecified atom stereocenters. The molecule has 0 saturated carbocycles. The molecule has 0 atom stereocenters. The first kappa shape index (κ1) is 15.6. The molecule has 0 N–H and O–H groups in total. The Morgan fingerprint density at radius 3 is 2.64 bits per heavy atom. The highest BCUT2D eigenvalue weighted by Crippen LogP contribution is 2.32. The topological polar surface area (TPSA) is 34.5 Å². The lowest BCUT2D eigenvalue weighted by atomic mass is 10.0. The van der Waals surface area contributed by atoms with Crippen LogP contribution in [0.1, 0.15) is 29.3 Å². The molecule has 0 radical (unpaired) electrons. The normalized spacial score (nSPS) is 12.6. The van der Waals surface area contributed by atoms with E-state index in [1.807, 2.05) is 42.6 Å². The van der Waals surface area contributed by atoms with Crippen LogP contribution in [0.25, 0.3) is 0 Å². The Balaban J connectivity index is 1.47. The first-order valence-corrected chi connectivity index (χ1v) is 8.64. The molecule has 2 heterocycles. The van der Waals surface area contributed by atoms with Crippen LogP contribution in [0.4, 0.5) is 5.69 Å². The van der Waals surface area contributed by atoms with Crippen molar-refractivity contribution in [1.29, 1.82) is 0 Å². The summed E-state index contributed by atoms with van der Waals surface area (Å²) in [5.74, 6) is 0.832. The molecule has 0 aliphatic carbocycles. The second-order valence-corrected chi connectivity index (χ2v) is 6.19. The van der Waals surface area contributed by atoms with Crippen molar-refractivity contribution in [2.24, 2.45) is 4.99 Å². The third-order valence-electron chi connectivity index (χ3n) is 4.46. The van der Waals surface area contributed by atoms with Crippen LogP contribution in [0.3, 0.4) is 0 Å². The standard InChI is InChI=1S/C22H20N2O/c1-2-16-8-10-19(23-14-16)15-25-20-11-9-18-12-21(24-22(18)13-20)17-6-4-3-5-7-17/h3-11,13-14H,2,12,15H2,1H3. The molecule has 1 aliphatic heterocycles. The highest BCUT2D eigenvalue weighted by atomic mass is 16.5. The molecule has 4 rings (SSSR count). The van der Waals surface area contributed by atoms with Crippen molar-refractivity contribution in [3.8, 4) is 5.75 Å². The van der Waals surface area contributed by atoms with E-state index in [-0.39, 0.29) is 0 Å². The third kappa shape index (κ3) is 3.45. The lowest BCUT2D eigenvalue weighted by Gasteiger charge is -2.07. The van der Waals surface area contributed by atoms with E-state index in [1.54, 1.807) is 0 Å². The molecule has 124 valence electrons. The van der Waals surface area contributed by atoms with Crippen molar-refractivity contribution < 1.29 is 4.74 Å². The minimum atomic E-state index is 0.470. The number of ether oxygens (including phenoxy) is 1. The molecule has 3 nitrogen and oxygen atoms in total. The van der Waals surface area contributed by atoms with Gasteiger partial charge in [-0.2, -0.15) is 0 Å². The van der Waals surface area contributed by atoms with Crippen LogP contribution in [0, 0.1) is 0 Å². The lowest BCUT2D eigenvalue weighted by molar-refractivity contribution is 0.301. The maximum Gasteiger partial charge on any atom is 0.130 e. The van der Waals surface area contributed by atoms with Crippen molar-refractivity contribution in [2.75, 3.05) is 0 Å². The Labute approximate surface area is 148 Å². The Hall–Kier alpha value is -2.94. The van der Waals surface area contributed by atoms with Gasteiger partial charge >= 0.3 is 0 Å². The Morgan fingerprint density at radius 1 is 1.00 bits per heavy atom. The second-order valence-electron chi connectivity index (χ2n) is 6.19. The van der Waals surface area contributed by atoms with Gasteiger partial charge in [0.25, 0.3) is 0 Å². The van der Waals surface area contributed by atoms with Gasteiger partial charge in [0.05, 0.1) is 17.1 Å². The maximum atomic E-state index is 5.90. The highest BCUT2D eigenvalue weighted by Gasteiger charge is 2.16. The van der Waals surface area contributed by atoms with Gasteiger partial charge in [-0.1, -0.05) is 49.4 Å². The Kier molecular flexibility index (Phi) is 4.30. The Morgan fingerprint density at radius 2 is 1.88 bits per heavy atom. The van der Waals surface area contributed by atoms with Crippen LogP contribution in [0.2, 0.25) is 0 Å². The van der Waals surface area contributed by atoms with Crippen molar-refractivity contribution in [3.63, 3.8) is 0 Å². The summed E-state index contributed by atoms with van der Waals surface area (Å²) in [5.41, 5.74) is 6.73. The molecule has 1 aliphatic rings. The number of benzene rings is 2. The van der Waals surface area contributed by atoms with Crippen LogP contribution in [0.15, 0.2) is 71.9 Å². The molecule has 0 spiro atoms. The van der Waals surface area contributed by atoms with E-state index < -0.39 is 0 Å². The molecule has 0 saturated heterocycles. The summed E-state index contributed by atoms with van der Waals surface area (Å²) in [4.78, 5) is 9.22. The molecular formula is C22H20N2O. The van der Waals surface area contributed by atoms with Gasteiger partial charge in [-0.05, 0) is 35.2 Å². The van der Waals surface area contributed by atoms with Gasteiger partial charge in [0, 0.05) is 18.7 Å². The summed E-state index contributed by atoms with van der Waals surface area (Å²) in [6.07, 6.45) is 3.79. The number of aryl methyl sites for hydroxylation is 1. The highest BCUT2D eigenvalue weighted by molar-refractivity contribution is 6.06. The number of aliphatic imine (C=N–C) groups is 1. The van der Waals surface area contributed by atoms with E-state index in [0.29, 0.717) is 6.61 Å². The average Bonchev–Trinajstić information content (AvgIpc) is 3.11. The second kappa shape index (κ2) is 6.89. The number of hydrogen-bond acceptors (Lipinski definition) is 3. The molecule has 1 aromatic heterocycles. The van der Waals surface area contributed by atoms with E-state index in [0.717, 1.165) is 35.7 Å². The first-order chi connectivity index (χ1) is 12.3. The third-order valence-corrected chi connectivity index (χ3v) is 4.46. The van der Waals surface area contributed by atoms with E-state index in [2.05, 4.69) is 36.2 Å². The zero-order valence-corrected chi connectivity index (χ0v) is 14.3. The van der Waals surface area contributed by atoms with E-state index >= 15 is 0 Å². The van der Waals surface area contributed by atoms with Gasteiger partial charge < -0.3 is 4.74 Å². The van der Waals surface area contributed by atoms with Gasteiger partial charge in [-0.15, -0.1) is 0 Å². The summed E-state index contributed by atoms with van der Waals surface area (Å²) >= 11 is 0. The van der Waals surface area contributed by atoms with Crippen LogP contribution in [0.5, 0.6) is 5.75 Å². The summed E-state index contributed by atoms with van der Waals surface area (Å²) in [7, 11) is 0. The molecule has 0 bridgehead atoms. The van der Waals surface area contributed by atoms with Crippen molar-refractivity contribution in [2.45, 2.75) is 26.4 Å². The minimum Gasteiger partial charge on any atom is -0.487 e. The number of nitrogens with zero attached hydrogens (tertiary/aromatic N) is 2. The summed E-state index contributed by atoms with van der Waals surface area (Å²) < 4.78 is 5.90. The SMILES string of the molecule is CCc1ccc(COc2ccc3c(c2)N=C(c2ccccc2)C3)nc1. The number of pyridine rings is 1. The summed E-state index contributed by atoms with van der Waals surface area (Å²) in [6.45, 7) is 2.60. The number of fused-ring (bicyclic) bond motifs is 1. The average molecular weight is 328 g/mol. The fourth-order valence-corrected chi connectivity index (χ4v) is 2.96. The fraction of sp³-hybridized carbons (Fsp3) is 0.182. The zero-order valence-electron chi connectivity index (χ0n) is 14.3.